The predicted octanol–water partition coefficient (Wildman–Crippen LogP) is 5.35. The molecule has 1 aromatic carbocycles. The molecule has 2 unspecified atom stereocenters. The van der Waals surface area contributed by atoms with Crippen LogP contribution in [0.5, 0.6) is 0 Å². The Hall–Kier alpha value is -2.55. The number of aryl methyl sites for hydroxylation is 2. The number of nitrogens with one attached hydrogen (secondary N) is 1. The minimum atomic E-state index is -0.958. The Labute approximate surface area is 231 Å². The lowest BCUT2D eigenvalue weighted by atomic mass is 9.70. The average molecular weight is 540 g/mol. The van der Waals surface area contributed by atoms with E-state index in [-0.39, 0.29) is 17.4 Å². The molecular weight excluding hydrogens is 497 g/mol. The SMILES string of the molecule is CC1(C)CCOCC1c1ccc(F)cc1C(C(=O)O)N1CC(OCCCCCc2ccc3c(n2)NCCC3)C1. The van der Waals surface area contributed by atoms with Gasteiger partial charge in [0.15, 0.2) is 0 Å². The van der Waals surface area contributed by atoms with Crippen LogP contribution in [0, 0.1) is 11.2 Å². The van der Waals surface area contributed by atoms with Crippen molar-refractivity contribution >= 4 is 11.8 Å². The summed E-state index contributed by atoms with van der Waals surface area (Å²) in [5, 5.41) is 13.6. The van der Waals surface area contributed by atoms with E-state index in [1.54, 1.807) is 6.07 Å². The second-order valence-corrected chi connectivity index (χ2v) is 12.0. The summed E-state index contributed by atoms with van der Waals surface area (Å²) in [5.74, 6) is -0.298. The fourth-order valence-corrected chi connectivity index (χ4v) is 6.16. The predicted molar refractivity (Wildman–Crippen MR) is 149 cm³/mol. The van der Waals surface area contributed by atoms with Gasteiger partial charge in [-0.3, -0.25) is 9.69 Å². The van der Waals surface area contributed by atoms with Crippen LogP contribution in [0.4, 0.5) is 10.2 Å². The third-order valence-electron chi connectivity index (χ3n) is 8.70. The molecule has 0 aliphatic carbocycles. The summed E-state index contributed by atoms with van der Waals surface area (Å²) in [6, 6.07) is 8.05. The molecule has 1 aromatic heterocycles. The number of carboxylic acids is 1. The Morgan fingerprint density at radius 1 is 1.26 bits per heavy atom. The molecule has 39 heavy (non-hydrogen) atoms. The summed E-state index contributed by atoms with van der Waals surface area (Å²) in [6.45, 7) is 8.29. The standard InChI is InChI=1S/C31H42FN3O4/c1-31(2)13-16-38-20-27(31)25-12-10-22(32)17-26(25)28(30(36)37)35-18-24(19-35)39-15-5-3-4-8-23-11-9-21-7-6-14-33-29(21)34-23/h9-12,17,24,27-28H,3-8,13-16,18-20H2,1-2H3,(H,33,34)(H,36,37). The lowest BCUT2D eigenvalue weighted by molar-refractivity contribution is -0.151. The van der Waals surface area contributed by atoms with Gasteiger partial charge in [-0.25, -0.2) is 9.37 Å². The number of hydrogen-bond acceptors (Lipinski definition) is 6. The van der Waals surface area contributed by atoms with E-state index in [0.717, 1.165) is 62.1 Å². The minimum Gasteiger partial charge on any atom is -0.480 e. The maximum atomic E-state index is 14.4. The number of nitrogens with zero attached hydrogens (tertiary/aromatic N) is 2. The number of ether oxygens (including phenoxy) is 2. The van der Waals surface area contributed by atoms with Crippen molar-refractivity contribution < 1.29 is 23.8 Å². The molecule has 3 aliphatic rings. The monoisotopic (exact) mass is 539 g/mol. The lowest BCUT2D eigenvalue weighted by Gasteiger charge is -2.44. The lowest BCUT2D eigenvalue weighted by Crippen LogP contribution is -2.55. The Bertz CT molecular complexity index is 1150. The number of unbranched alkanes of at least 4 members (excludes halogenated alkanes) is 2. The molecule has 5 rings (SSSR count). The zero-order valence-corrected chi connectivity index (χ0v) is 23.3. The molecule has 7 nitrogen and oxygen atoms in total. The van der Waals surface area contributed by atoms with Gasteiger partial charge in [-0.2, -0.15) is 0 Å². The fraction of sp³-hybridized carbons (Fsp3) is 0.613. The third-order valence-corrected chi connectivity index (χ3v) is 8.70. The van der Waals surface area contributed by atoms with Gasteiger partial charge in [0.25, 0.3) is 0 Å². The average Bonchev–Trinajstić information content (AvgIpc) is 2.88. The van der Waals surface area contributed by atoms with Gasteiger partial charge < -0.3 is 19.9 Å². The van der Waals surface area contributed by atoms with Crippen molar-refractivity contribution in [2.24, 2.45) is 5.41 Å². The third kappa shape index (κ3) is 6.61. The second-order valence-electron chi connectivity index (χ2n) is 12.0. The number of fused-ring (bicyclic) bond motifs is 1. The molecule has 2 aromatic rings. The van der Waals surface area contributed by atoms with Crippen molar-refractivity contribution in [3.63, 3.8) is 0 Å². The maximum absolute atomic E-state index is 14.4. The van der Waals surface area contributed by atoms with Crippen LogP contribution in [0.3, 0.4) is 0 Å². The highest BCUT2D eigenvalue weighted by molar-refractivity contribution is 5.76. The number of carbonyl (C=O) groups is 1. The molecule has 2 N–H and O–H groups in total. The number of rotatable bonds is 11. The van der Waals surface area contributed by atoms with Crippen LogP contribution in [0.25, 0.3) is 0 Å². The molecular formula is C31H42FN3O4. The van der Waals surface area contributed by atoms with Crippen molar-refractivity contribution in [3.05, 3.63) is 58.5 Å². The molecule has 0 radical (unpaired) electrons. The number of aromatic nitrogens is 1. The molecule has 2 saturated heterocycles. The van der Waals surface area contributed by atoms with Gasteiger partial charge in [0.05, 0.1) is 12.7 Å². The van der Waals surface area contributed by atoms with E-state index in [9.17, 15) is 14.3 Å². The smallest absolute Gasteiger partial charge is 0.325 e. The van der Waals surface area contributed by atoms with Crippen LogP contribution in [-0.2, 0) is 27.1 Å². The fourth-order valence-electron chi connectivity index (χ4n) is 6.16. The molecule has 3 aliphatic heterocycles. The normalized spacial score (nSPS) is 22.0. The van der Waals surface area contributed by atoms with Gasteiger partial charge in [0, 0.05) is 44.5 Å². The van der Waals surface area contributed by atoms with E-state index in [4.69, 9.17) is 14.5 Å². The summed E-state index contributed by atoms with van der Waals surface area (Å²) in [6.07, 6.45) is 7.22. The van der Waals surface area contributed by atoms with Crippen LogP contribution in [-0.4, -0.2) is 66.5 Å². The van der Waals surface area contributed by atoms with Gasteiger partial charge in [-0.1, -0.05) is 32.4 Å². The summed E-state index contributed by atoms with van der Waals surface area (Å²) >= 11 is 0. The number of pyridine rings is 1. The van der Waals surface area contributed by atoms with Crippen LogP contribution in [0.2, 0.25) is 0 Å². The van der Waals surface area contributed by atoms with Gasteiger partial charge in [0.1, 0.15) is 17.7 Å². The van der Waals surface area contributed by atoms with E-state index in [2.05, 4.69) is 31.3 Å². The van der Waals surface area contributed by atoms with E-state index in [1.165, 1.54) is 24.1 Å². The highest BCUT2D eigenvalue weighted by atomic mass is 19.1. The first-order chi connectivity index (χ1) is 18.8. The maximum Gasteiger partial charge on any atom is 0.325 e. The molecule has 2 fully saturated rings. The molecule has 2 atom stereocenters. The van der Waals surface area contributed by atoms with E-state index in [0.29, 0.717) is 38.5 Å². The van der Waals surface area contributed by atoms with E-state index < -0.39 is 17.8 Å². The molecule has 0 amide bonds. The minimum absolute atomic E-state index is 0.00620. The van der Waals surface area contributed by atoms with Crippen molar-refractivity contribution in [3.8, 4) is 0 Å². The molecule has 0 saturated carbocycles. The van der Waals surface area contributed by atoms with Gasteiger partial charge in [-0.05, 0) is 78.8 Å². The quantitative estimate of drug-likeness (QED) is 0.373. The Morgan fingerprint density at radius 3 is 2.90 bits per heavy atom. The summed E-state index contributed by atoms with van der Waals surface area (Å²) in [5.41, 5.74) is 3.82. The first kappa shape index (κ1) is 28.0. The number of hydrogen-bond donors (Lipinski definition) is 2. The van der Waals surface area contributed by atoms with Crippen molar-refractivity contribution in [2.45, 2.75) is 76.9 Å². The number of benzene rings is 1. The summed E-state index contributed by atoms with van der Waals surface area (Å²) in [4.78, 5) is 19.1. The number of carboxylic acid groups (broad SMARTS) is 1. The van der Waals surface area contributed by atoms with Gasteiger partial charge in [0.2, 0.25) is 0 Å². The van der Waals surface area contributed by atoms with Crippen LogP contribution < -0.4 is 5.32 Å². The first-order valence-corrected chi connectivity index (χ1v) is 14.5. The largest absolute Gasteiger partial charge is 0.480 e. The number of halogens is 1. The highest BCUT2D eigenvalue weighted by Crippen LogP contribution is 2.45. The Morgan fingerprint density at radius 2 is 2.10 bits per heavy atom. The summed E-state index contributed by atoms with van der Waals surface area (Å²) < 4.78 is 26.2. The zero-order chi connectivity index (χ0) is 27.4. The molecule has 0 spiro atoms. The van der Waals surface area contributed by atoms with Crippen molar-refractivity contribution in [2.75, 3.05) is 44.8 Å². The Kier molecular flexibility index (Phi) is 8.84. The highest BCUT2D eigenvalue weighted by Gasteiger charge is 2.42. The second kappa shape index (κ2) is 12.3. The van der Waals surface area contributed by atoms with Gasteiger partial charge in [-0.15, -0.1) is 0 Å². The van der Waals surface area contributed by atoms with E-state index in [1.807, 2.05) is 4.90 Å². The summed E-state index contributed by atoms with van der Waals surface area (Å²) in [7, 11) is 0. The van der Waals surface area contributed by atoms with Crippen molar-refractivity contribution in [1.82, 2.24) is 9.88 Å². The van der Waals surface area contributed by atoms with E-state index >= 15 is 0 Å². The first-order valence-electron chi connectivity index (χ1n) is 14.5. The van der Waals surface area contributed by atoms with Crippen molar-refractivity contribution in [1.29, 1.82) is 0 Å². The number of anilines is 1. The Balaban J connectivity index is 1.10. The molecule has 212 valence electrons. The molecule has 8 heteroatoms. The van der Waals surface area contributed by atoms with Crippen LogP contribution >= 0.6 is 0 Å². The number of likely N-dealkylation sites (tertiary alicyclic amines) is 1. The zero-order valence-electron chi connectivity index (χ0n) is 23.3. The van der Waals surface area contributed by atoms with Crippen LogP contribution in [0.1, 0.15) is 80.3 Å². The van der Waals surface area contributed by atoms with Crippen LogP contribution in [0.15, 0.2) is 30.3 Å². The number of aliphatic carboxylic acids is 1. The topological polar surface area (TPSA) is 83.9 Å². The molecule has 4 heterocycles. The molecule has 0 bridgehead atoms. The van der Waals surface area contributed by atoms with Gasteiger partial charge >= 0.3 is 5.97 Å².